The third kappa shape index (κ3) is 3.86. The van der Waals surface area contributed by atoms with E-state index in [1.54, 1.807) is 0 Å². The van der Waals surface area contributed by atoms with Crippen LogP contribution in [0.2, 0.25) is 5.02 Å². The van der Waals surface area contributed by atoms with E-state index in [0.717, 1.165) is 27.5 Å². The molecule has 2 unspecified atom stereocenters. The molecule has 18 heavy (non-hydrogen) atoms. The van der Waals surface area contributed by atoms with Crippen LogP contribution < -0.4 is 5.32 Å². The first-order valence-corrected chi connectivity index (χ1v) is 8.14. The second-order valence-electron chi connectivity index (χ2n) is 4.92. The minimum Gasteiger partial charge on any atom is -0.310 e. The van der Waals surface area contributed by atoms with Gasteiger partial charge in [0.1, 0.15) is 0 Å². The van der Waals surface area contributed by atoms with E-state index in [0.29, 0.717) is 12.0 Å². The van der Waals surface area contributed by atoms with E-state index in [1.165, 1.54) is 25.7 Å². The molecule has 100 valence electrons. The van der Waals surface area contributed by atoms with Crippen molar-refractivity contribution in [3.63, 3.8) is 0 Å². The zero-order valence-electron chi connectivity index (χ0n) is 10.3. The van der Waals surface area contributed by atoms with E-state index >= 15 is 0 Å². The molecule has 0 saturated heterocycles. The van der Waals surface area contributed by atoms with Crippen molar-refractivity contribution in [2.75, 3.05) is 5.88 Å². The van der Waals surface area contributed by atoms with Crippen molar-refractivity contribution in [3.05, 3.63) is 33.3 Å². The Hall–Kier alpha value is 0.240. The van der Waals surface area contributed by atoms with E-state index in [4.69, 9.17) is 23.2 Å². The van der Waals surface area contributed by atoms with Crippen LogP contribution in [0, 0.1) is 5.92 Å². The number of hydrogen-bond donors (Lipinski definition) is 1. The Morgan fingerprint density at radius 2 is 2.06 bits per heavy atom. The van der Waals surface area contributed by atoms with Crippen molar-refractivity contribution < 1.29 is 0 Å². The standard InChI is InChI=1S/C14H18BrCl2N/c15-12-6-5-11(13(17)7-12)9-18-14-4-2-1-3-10(14)8-16/h5-7,10,14,18H,1-4,8-9H2. The number of benzene rings is 1. The Labute approximate surface area is 127 Å². The van der Waals surface area contributed by atoms with Crippen LogP contribution in [0.5, 0.6) is 0 Å². The van der Waals surface area contributed by atoms with Gasteiger partial charge in [-0.1, -0.05) is 46.4 Å². The van der Waals surface area contributed by atoms with Gasteiger partial charge < -0.3 is 5.32 Å². The van der Waals surface area contributed by atoms with Gasteiger partial charge in [0.05, 0.1) is 0 Å². The maximum absolute atomic E-state index is 6.22. The minimum atomic E-state index is 0.538. The van der Waals surface area contributed by atoms with E-state index in [9.17, 15) is 0 Å². The van der Waals surface area contributed by atoms with Crippen LogP contribution in [0.3, 0.4) is 0 Å². The summed E-state index contributed by atoms with van der Waals surface area (Å²) in [5.74, 6) is 1.36. The van der Waals surface area contributed by atoms with E-state index in [2.05, 4.69) is 27.3 Å². The monoisotopic (exact) mass is 349 g/mol. The summed E-state index contributed by atoms with van der Waals surface area (Å²) in [6.07, 6.45) is 5.09. The number of rotatable bonds is 4. The molecule has 1 aliphatic rings. The summed E-state index contributed by atoms with van der Waals surface area (Å²) in [7, 11) is 0. The summed E-state index contributed by atoms with van der Waals surface area (Å²) in [4.78, 5) is 0. The highest BCUT2D eigenvalue weighted by Crippen LogP contribution is 2.27. The molecule has 0 heterocycles. The molecular weight excluding hydrogens is 333 g/mol. The molecule has 1 nitrogen and oxygen atoms in total. The summed E-state index contributed by atoms with van der Waals surface area (Å²) in [5.41, 5.74) is 1.15. The zero-order valence-corrected chi connectivity index (χ0v) is 13.4. The average molecular weight is 351 g/mol. The number of nitrogens with one attached hydrogen (secondary N) is 1. The summed E-state index contributed by atoms with van der Waals surface area (Å²) >= 11 is 15.7. The van der Waals surface area contributed by atoms with Crippen molar-refractivity contribution in [3.8, 4) is 0 Å². The molecule has 1 N–H and O–H groups in total. The van der Waals surface area contributed by atoms with Crippen LogP contribution in [0.25, 0.3) is 0 Å². The number of halogens is 3. The first-order valence-electron chi connectivity index (χ1n) is 6.44. The first kappa shape index (κ1) is 14.6. The lowest BCUT2D eigenvalue weighted by Gasteiger charge is -2.31. The van der Waals surface area contributed by atoms with Crippen molar-refractivity contribution in [2.24, 2.45) is 5.92 Å². The van der Waals surface area contributed by atoms with E-state index in [-0.39, 0.29) is 0 Å². The van der Waals surface area contributed by atoms with Crippen molar-refractivity contribution in [2.45, 2.75) is 38.3 Å². The smallest absolute Gasteiger partial charge is 0.0462 e. The maximum Gasteiger partial charge on any atom is 0.0462 e. The fourth-order valence-electron chi connectivity index (χ4n) is 2.57. The quantitative estimate of drug-likeness (QED) is 0.754. The van der Waals surface area contributed by atoms with Gasteiger partial charge in [0.15, 0.2) is 0 Å². The molecule has 0 aliphatic heterocycles. The number of alkyl halides is 1. The third-order valence-electron chi connectivity index (χ3n) is 3.68. The third-order valence-corrected chi connectivity index (χ3v) is 4.92. The predicted molar refractivity (Wildman–Crippen MR) is 82.5 cm³/mol. The molecule has 1 aromatic carbocycles. The zero-order chi connectivity index (χ0) is 13.0. The van der Waals surface area contributed by atoms with Crippen molar-refractivity contribution in [1.82, 2.24) is 5.32 Å². The Kier molecular flexibility index (Phi) is 5.81. The first-order chi connectivity index (χ1) is 8.70. The summed E-state index contributed by atoms with van der Waals surface area (Å²) in [5, 5.41) is 4.43. The Morgan fingerprint density at radius 3 is 2.78 bits per heavy atom. The van der Waals surface area contributed by atoms with Gasteiger partial charge in [-0.25, -0.2) is 0 Å². The van der Waals surface area contributed by atoms with Crippen LogP contribution in [0.15, 0.2) is 22.7 Å². The Bertz CT molecular complexity index is 397. The van der Waals surface area contributed by atoms with Gasteiger partial charge in [-0.15, -0.1) is 11.6 Å². The Balaban J connectivity index is 1.93. The molecule has 1 aliphatic carbocycles. The molecule has 2 atom stereocenters. The lowest BCUT2D eigenvalue weighted by molar-refractivity contribution is 0.282. The molecule has 1 saturated carbocycles. The molecule has 1 aromatic rings. The predicted octanol–water partition coefficient (Wildman–Crippen LogP) is 4.99. The summed E-state index contributed by atoms with van der Waals surface area (Å²) < 4.78 is 1.02. The van der Waals surface area contributed by atoms with Crippen LogP contribution in [-0.4, -0.2) is 11.9 Å². The molecule has 0 amide bonds. The molecular formula is C14H18BrCl2N. The summed E-state index contributed by atoms with van der Waals surface area (Å²) in [6.45, 7) is 0.824. The molecule has 2 rings (SSSR count). The van der Waals surface area contributed by atoms with Gasteiger partial charge in [-0.05, 0) is 36.5 Å². The lowest BCUT2D eigenvalue weighted by atomic mass is 9.85. The van der Waals surface area contributed by atoms with Gasteiger partial charge in [0, 0.05) is 28.0 Å². The van der Waals surface area contributed by atoms with Gasteiger partial charge in [0.25, 0.3) is 0 Å². The van der Waals surface area contributed by atoms with Crippen LogP contribution in [0.1, 0.15) is 31.2 Å². The maximum atomic E-state index is 6.22. The molecule has 4 heteroatoms. The van der Waals surface area contributed by atoms with Gasteiger partial charge >= 0.3 is 0 Å². The van der Waals surface area contributed by atoms with Crippen molar-refractivity contribution in [1.29, 1.82) is 0 Å². The van der Waals surface area contributed by atoms with E-state index < -0.39 is 0 Å². The van der Waals surface area contributed by atoms with Crippen molar-refractivity contribution >= 4 is 39.1 Å². The molecule has 0 bridgehead atoms. The minimum absolute atomic E-state index is 0.538. The second-order valence-corrected chi connectivity index (χ2v) is 6.55. The SMILES string of the molecule is ClCC1CCCCC1NCc1ccc(Br)cc1Cl. The summed E-state index contributed by atoms with van der Waals surface area (Å²) in [6, 6.07) is 6.58. The highest BCUT2D eigenvalue weighted by Gasteiger charge is 2.23. The van der Waals surface area contributed by atoms with Crippen LogP contribution in [-0.2, 0) is 6.54 Å². The highest BCUT2D eigenvalue weighted by atomic mass is 79.9. The number of hydrogen-bond acceptors (Lipinski definition) is 1. The van der Waals surface area contributed by atoms with Gasteiger partial charge in [-0.3, -0.25) is 0 Å². The van der Waals surface area contributed by atoms with Gasteiger partial charge in [0.2, 0.25) is 0 Å². The molecule has 0 radical (unpaired) electrons. The molecule has 0 aromatic heterocycles. The average Bonchev–Trinajstić information content (AvgIpc) is 2.38. The fourth-order valence-corrected chi connectivity index (χ4v) is 3.68. The van der Waals surface area contributed by atoms with Gasteiger partial charge in [-0.2, -0.15) is 0 Å². The van der Waals surface area contributed by atoms with Crippen LogP contribution >= 0.6 is 39.1 Å². The van der Waals surface area contributed by atoms with E-state index in [1.807, 2.05) is 12.1 Å². The van der Waals surface area contributed by atoms with Crippen LogP contribution in [0.4, 0.5) is 0 Å². The fraction of sp³-hybridized carbons (Fsp3) is 0.571. The highest BCUT2D eigenvalue weighted by molar-refractivity contribution is 9.10. The normalized spacial score (nSPS) is 24.2. The topological polar surface area (TPSA) is 12.0 Å². The Morgan fingerprint density at radius 1 is 1.28 bits per heavy atom. The second kappa shape index (κ2) is 7.14. The molecule has 1 fully saturated rings. The largest absolute Gasteiger partial charge is 0.310 e. The molecule has 0 spiro atoms. The lowest BCUT2D eigenvalue weighted by Crippen LogP contribution is -2.39.